The van der Waals surface area contributed by atoms with Crippen LogP contribution in [0.5, 0.6) is 5.75 Å². The highest BCUT2D eigenvalue weighted by molar-refractivity contribution is 7.08. The van der Waals surface area contributed by atoms with Crippen LogP contribution < -0.4 is 4.74 Å². The van der Waals surface area contributed by atoms with Gasteiger partial charge in [-0.2, -0.15) is 11.3 Å². The average Bonchev–Trinajstić information content (AvgIpc) is 2.70. The average molecular weight is 204 g/mol. The van der Waals surface area contributed by atoms with E-state index in [9.17, 15) is 0 Å². The van der Waals surface area contributed by atoms with Crippen molar-refractivity contribution in [3.05, 3.63) is 40.6 Å². The fraction of sp³-hybridized carbons (Fsp3) is 0.167. The van der Waals surface area contributed by atoms with Gasteiger partial charge in [0.25, 0.3) is 0 Å². The maximum atomic E-state index is 5.22. The number of methoxy groups -OCH3 is 1. The van der Waals surface area contributed by atoms with Crippen LogP contribution in [0.4, 0.5) is 0 Å². The quantitative estimate of drug-likeness (QED) is 0.724. The Morgan fingerprint density at radius 3 is 2.57 bits per heavy atom. The maximum Gasteiger partial charge on any atom is 0.121 e. The minimum Gasteiger partial charge on any atom is -0.496 e. The zero-order valence-electron chi connectivity index (χ0n) is 8.28. The predicted octanol–water partition coefficient (Wildman–Crippen LogP) is 3.73. The molecule has 0 radical (unpaired) electrons. The third kappa shape index (κ3) is 1.66. The number of thiophene rings is 1. The monoisotopic (exact) mass is 204 g/mol. The molecule has 0 saturated heterocycles. The van der Waals surface area contributed by atoms with Gasteiger partial charge in [-0.25, -0.2) is 0 Å². The van der Waals surface area contributed by atoms with Crippen LogP contribution in [0.3, 0.4) is 0 Å². The minimum absolute atomic E-state index is 0.948. The molecular weight excluding hydrogens is 192 g/mol. The zero-order chi connectivity index (χ0) is 9.97. The van der Waals surface area contributed by atoms with Crippen LogP contribution in [0.25, 0.3) is 11.1 Å². The molecule has 2 heteroatoms. The van der Waals surface area contributed by atoms with E-state index in [1.165, 1.54) is 16.7 Å². The van der Waals surface area contributed by atoms with Gasteiger partial charge in [-0.05, 0) is 52.6 Å². The van der Waals surface area contributed by atoms with Gasteiger partial charge in [-0.15, -0.1) is 0 Å². The molecule has 14 heavy (non-hydrogen) atoms. The van der Waals surface area contributed by atoms with E-state index in [-0.39, 0.29) is 0 Å². The van der Waals surface area contributed by atoms with Gasteiger partial charge in [0.2, 0.25) is 0 Å². The van der Waals surface area contributed by atoms with E-state index in [4.69, 9.17) is 4.74 Å². The van der Waals surface area contributed by atoms with Crippen molar-refractivity contribution in [3.8, 4) is 16.9 Å². The SMILES string of the molecule is COc1ccc(-c2ccsc2)cc1C. The second kappa shape index (κ2) is 3.84. The summed E-state index contributed by atoms with van der Waals surface area (Å²) in [5, 5.41) is 4.25. The Balaban J connectivity index is 2.43. The predicted molar refractivity (Wildman–Crippen MR) is 61.0 cm³/mol. The Labute approximate surface area is 88.0 Å². The second-order valence-corrected chi connectivity index (χ2v) is 3.98. The van der Waals surface area contributed by atoms with Crippen molar-refractivity contribution < 1.29 is 4.74 Å². The van der Waals surface area contributed by atoms with Gasteiger partial charge in [0.1, 0.15) is 5.75 Å². The summed E-state index contributed by atoms with van der Waals surface area (Å²) in [5.74, 6) is 0.948. The molecule has 1 heterocycles. The Bertz CT molecular complexity index is 418. The highest BCUT2D eigenvalue weighted by Crippen LogP contribution is 2.27. The van der Waals surface area contributed by atoms with Crippen LogP contribution >= 0.6 is 11.3 Å². The molecule has 0 aliphatic carbocycles. The highest BCUT2D eigenvalue weighted by atomic mass is 32.1. The second-order valence-electron chi connectivity index (χ2n) is 3.20. The Morgan fingerprint density at radius 1 is 1.14 bits per heavy atom. The van der Waals surface area contributed by atoms with Crippen LogP contribution in [0, 0.1) is 6.92 Å². The van der Waals surface area contributed by atoms with Gasteiger partial charge in [-0.3, -0.25) is 0 Å². The molecular formula is C12H12OS. The van der Waals surface area contributed by atoms with Crippen molar-refractivity contribution in [1.82, 2.24) is 0 Å². The first-order valence-electron chi connectivity index (χ1n) is 4.48. The first-order chi connectivity index (χ1) is 6.81. The van der Waals surface area contributed by atoms with E-state index >= 15 is 0 Å². The maximum absolute atomic E-state index is 5.22. The summed E-state index contributed by atoms with van der Waals surface area (Å²) < 4.78 is 5.22. The number of benzene rings is 1. The molecule has 1 aromatic carbocycles. The summed E-state index contributed by atoms with van der Waals surface area (Å²) in [6.07, 6.45) is 0. The molecule has 0 N–H and O–H groups in total. The minimum atomic E-state index is 0.948. The van der Waals surface area contributed by atoms with Crippen molar-refractivity contribution in [2.24, 2.45) is 0 Å². The highest BCUT2D eigenvalue weighted by Gasteiger charge is 2.01. The van der Waals surface area contributed by atoms with E-state index in [0.29, 0.717) is 0 Å². The first-order valence-corrected chi connectivity index (χ1v) is 5.43. The zero-order valence-corrected chi connectivity index (χ0v) is 9.10. The van der Waals surface area contributed by atoms with Gasteiger partial charge in [0, 0.05) is 0 Å². The van der Waals surface area contributed by atoms with Gasteiger partial charge >= 0.3 is 0 Å². The summed E-state index contributed by atoms with van der Waals surface area (Å²) in [4.78, 5) is 0. The van der Waals surface area contributed by atoms with Crippen molar-refractivity contribution in [1.29, 1.82) is 0 Å². The van der Waals surface area contributed by atoms with Crippen LogP contribution in [0.1, 0.15) is 5.56 Å². The standard InChI is InChI=1S/C12H12OS/c1-9-7-10(3-4-12(9)13-2)11-5-6-14-8-11/h3-8H,1-2H3. The molecule has 0 saturated carbocycles. The van der Waals surface area contributed by atoms with E-state index in [1.54, 1.807) is 18.4 Å². The van der Waals surface area contributed by atoms with Gasteiger partial charge in [0.15, 0.2) is 0 Å². The normalized spacial score (nSPS) is 10.1. The molecule has 72 valence electrons. The Hall–Kier alpha value is -1.28. The molecule has 1 nitrogen and oxygen atoms in total. The van der Waals surface area contributed by atoms with Crippen molar-refractivity contribution >= 4 is 11.3 Å². The first kappa shape index (κ1) is 9.28. The Morgan fingerprint density at radius 2 is 2.00 bits per heavy atom. The summed E-state index contributed by atoms with van der Waals surface area (Å²) in [7, 11) is 1.70. The third-order valence-electron chi connectivity index (χ3n) is 2.25. The molecule has 1 aromatic heterocycles. The van der Waals surface area contributed by atoms with E-state index in [0.717, 1.165) is 5.75 Å². The topological polar surface area (TPSA) is 9.23 Å². The van der Waals surface area contributed by atoms with Crippen LogP contribution in [-0.2, 0) is 0 Å². The summed E-state index contributed by atoms with van der Waals surface area (Å²) >= 11 is 1.72. The molecule has 2 rings (SSSR count). The number of hydrogen-bond donors (Lipinski definition) is 0. The van der Waals surface area contributed by atoms with E-state index < -0.39 is 0 Å². The molecule has 0 aliphatic heterocycles. The molecule has 0 atom stereocenters. The Kier molecular flexibility index (Phi) is 2.55. The third-order valence-corrected chi connectivity index (χ3v) is 2.93. The fourth-order valence-electron chi connectivity index (χ4n) is 1.49. The molecule has 0 unspecified atom stereocenters. The van der Waals surface area contributed by atoms with E-state index in [2.05, 4.69) is 35.9 Å². The van der Waals surface area contributed by atoms with Crippen molar-refractivity contribution in [2.75, 3.05) is 7.11 Å². The number of aryl methyl sites for hydroxylation is 1. The molecule has 0 bridgehead atoms. The summed E-state index contributed by atoms with van der Waals surface area (Å²) in [6.45, 7) is 2.06. The van der Waals surface area contributed by atoms with Crippen molar-refractivity contribution in [2.45, 2.75) is 6.92 Å². The van der Waals surface area contributed by atoms with Gasteiger partial charge in [-0.1, -0.05) is 6.07 Å². The summed E-state index contributed by atoms with van der Waals surface area (Å²) in [5.41, 5.74) is 3.71. The largest absolute Gasteiger partial charge is 0.496 e. The summed E-state index contributed by atoms with van der Waals surface area (Å²) in [6, 6.07) is 8.39. The van der Waals surface area contributed by atoms with E-state index in [1.807, 2.05) is 6.07 Å². The molecule has 0 fully saturated rings. The number of hydrogen-bond acceptors (Lipinski definition) is 2. The number of rotatable bonds is 2. The molecule has 0 aliphatic rings. The molecule has 0 spiro atoms. The lowest BCUT2D eigenvalue weighted by Crippen LogP contribution is -1.86. The van der Waals surface area contributed by atoms with Crippen LogP contribution in [0.15, 0.2) is 35.0 Å². The fourth-order valence-corrected chi connectivity index (χ4v) is 2.15. The van der Waals surface area contributed by atoms with Crippen LogP contribution in [-0.4, -0.2) is 7.11 Å². The lowest BCUT2D eigenvalue weighted by molar-refractivity contribution is 0.412. The van der Waals surface area contributed by atoms with Crippen molar-refractivity contribution in [3.63, 3.8) is 0 Å². The van der Waals surface area contributed by atoms with Gasteiger partial charge < -0.3 is 4.74 Å². The molecule has 0 amide bonds. The smallest absolute Gasteiger partial charge is 0.121 e. The number of ether oxygens (including phenoxy) is 1. The van der Waals surface area contributed by atoms with Crippen LogP contribution in [0.2, 0.25) is 0 Å². The molecule has 2 aromatic rings. The lowest BCUT2D eigenvalue weighted by Gasteiger charge is -2.05. The van der Waals surface area contributed by atoms with Gasteiger partial charge in [0.05, 0.1) is 7.11 Å². The lowest BCUT2D eigenvalue weighted by atomic mass is 10.1.